The molecule has 0 saturated carbocycles. The Labute approximate surface area is 78.8 Å². The van der Waals surface area contributed by atoms with Gasteiger partial charge < -0.3 is 5.11 Å². The molecule has 2 aromatic heterocycles. The Kier molecular flexibility index (Phi) is 1.94. The first kappa shape index (κ1) is 8.36. The third kappa shape index (κ3) is 1.45. The Morgan fingerprint density at radius 1 is 1.29 bits per heavy atom. The van der Waals surface area contributed by atoms with Gasteiger partial charge in [0.05, 0.1) is 18.0 Å². The SMILES string of the molecule is O=C(O)c1ccc(-n2nccn2)nc1. The zero-order valence-corrected chi connectivity index (χ0v) is 7.03. The van der Waals surface area contributed by atoms with Gasteiger partial charge in [0.1, 0.15) is 0 Å². The fourth-order valence-electron chi connectivity index (χ4n) is 0.965. The number of carboxylic acid groups (broad SMARTS) is 1. The van der Waals surface area contributed by atoms with Crippen LogP contribution in [0.3, 0.4) is 0 Å². The highest BCUT2D eigenvalue weighted by molar-refractivity contribution is 5.87. The minimum Gasteiger partial charge on any atom is -0.478 e. The molecule has 0 spiro atoms. The van der Waals surface area contributed by atoms with Crippen LogP contribution in [0, 0.1) is 0 Å². The van der Waals surface area contributed by atoms with Crippen LogP contribution >= 0.6 is 0 Å². The van der Waals surface area contributed by atoms with E-state index in [0.29, 0.717) is 5.82 Å². The van der Waals surface area contributed by atoms with Crippen molar-refractivity contribution in [2.75, 3.05) is 0 Å². The van der Waals surface area contributed by atoms with Gasteiger partial charge in [-0.05, 0) is 12.1 Å². The number of aromatic nitrogens is 4. The van der Waals surface area contributed by atoms with Crippen molar-refractivity contribution in [2.45, 2.75) is 0 Å². The van der Waals surface area contributed by atoms with Gasteiger partial charge in [-0.25, -0.2) is 9.78 Å². The molecule has 6 nitrogen and oxygen atoms in total. The van der Waals surface area contributed by atoms with E-state index in [0.717, 1.165) is 0 Å². The molecule has 6 heteroatoms. The third-order valence-electron chi connectivity index (χ3n) is 1.62. The fourth-order valence-corrected chi connectivity index (χ4v) is 0.965. The number of nitrogens with zero attached hydrogens (tertiary/aromatic N) is 4. The van der Waals surface area contributed by atoms with Gasteiger partial charge in [0.2, 0.25) is 0 Å². The normalized spacial score (nSPS) is 10.0. The zero-order chi connectivity index (χ0) is 9.97. The summed E-state index contributed by atoms with van der Waals surface area (Å²) >= 11 is 0. The van der Waals surface area contributed by atoms with Crippen LogP contribution in [0.5, 0.6) is 0 Å². The summed E-state index contributed by atoms with van der Waals surface area (Å²) in [5.74, 6) is -0.516. The molecule has 70 valence electrons. The van der Waals surface area contributed by atoms with Crippen LogP contribution in [-0.2, 0) is 0 Å². The lowest BCUT2D eigenvalue weighted by Gasteiger charge is -1.98. The van der Waals surface area contributed by atoms with E-state index in [9.17, 15) is 4.79 Å². The van der Waals surface area contributed by atoms with E-state index >= 15 is 0 Å². The van der Waals surface area contributed by atoms with Gasteiger partial charge >= 0.3 is 5.97 Å². The van der Waals surface area contributed by atoms with E-state index in [-0.39, 0.29) is 5.56 Å². The van der Waals surface area contributed by atoms with E-state index in [1.54, 1.807) is 6.07 Å². The number of rotatable bonds is 2. The molecule has 0 aliphatic carbocycles. The molecule has 2 rings (SSSR count). The summed E-state index contributed by atoms with van der Waals surface area (Å²) in [5, 5.41) is 16.3. The Bertz CT molecular complexity index is 435. The lowest BCUT2D eigenvalue weighted by Crippen LogP contribution is -2.03. The first-order valence-corrected chi connectivity index (χ1v) is 3.83. The number of carboxylic acids is 1. The molecule has 2 aromatic rings. The quantitative estimate of drug-likeness (QED) is 0.739. The van der Waals surface area contributed by atoms with Crippen molar-refractivity contribution < 1.29 is 9.90 Å². The maximum atomic E-state index is 10.5. The molecule has 0 atom stereocenters. The van der Waals surface area contributed by atoms with Gasteiger partial charge in [0, 0.05) is 6.20 Å². The van der Waals surface area contributed by atoms with Crippen molar-refractivity contribution in [3.63, 3.8) is 0 Å². The predicted molar refractivity (Wildman–Crippen MR) is 46.1 cm³/mol. The van der Waals surface area contributed by atoms with Crippen molar-refractivity contribution in [2.24, 2.45) is 0 Å². The highest BCUT2D eigenvalue weighted by Crippen LogP contribution is 2.02. The monoisotopic (exact) mass is 190 g/mol. The summed E-state index contributed by atoms with van der Waals surface area (Å²) in [6.45, 7) is 0. The lowest BCUT2D eigenvalue weighted by atomic mass is 10.3. The smallest absolute Gasteiger partial charge is 0.337 e. The van der Waals surface area contributed by atoms with Crippen LogP contribution < -0.4 is 0 Å². The van der Waals surface area contributed by atoms with Crippen molar-refractivity contribution >= 4 is 5.97 Å². The second-order valence-corrected chi connectivity index (χ2v) is 2.53. The maximum Gasteiger partial charge on any atom is 0.337 e. The average molecular weight is 190 g/mol. The van der Waals surface area contributed by atoms with Crippen LogP contribution in [0.25, 0.3) is 5.82 Å². The maximum absolute atomic E-state index is 10.5. The first-order chi connectivity index (χ1) is 6.77. The molecule has 0 aliphatic rings. The average Bonchev–Trinajstić information content (AvgIpc) is 2.71. The molecular weight excluding hydrogens is 184 g/mol. The standard InChI is InChI=1S/C8H6N4O2/c13-8(14)6-1-2-7(9-5-6)12-10-3-4-11-12/h1-5H,(H,13,14). The lowest BCUT2D eigenvalue weighted by molar-refractivity contribution is 0.0696. The van der Waals surface area contributed by atoms with Gasteiger partial charge in [-0.3, -0.25) is 0 Å². The Hall–Kier alpha value is -2.24. The van der Waals surface area contributed by atoms with Crippen molar-refractivity contribution in [1.29, 1.82) is 0 Å². The highest BCUT2D eigenvalue weighted by Gasteiger charge is 2.04. The van der Waals surface area contributed by atoms with Crippen LogP contribution in [-0.4, -0.2) is 31.1 Å². The summed E-state index contributed by atoms with van der Waals surface area (Å²) in [7, 11) is 0. The minimum absolute atomic E-state index is 0.140. The molecule has 0 bridgehead atoms. The summed E-state index contributed by atoms with van der Waals surface area (Å²) in [6, 6.07) is 3.00. The van der Waals surface area contributed by atoms with Crippen LogP contribution in [0.1, 0.15) is 10.4 Å². The topological polar surface area (TPSA) is 80.9 Å². The van der Waals surface area contributed by atoms with Crippen LogP contribution in [0.2, 0.25) is 0 Å². The third-order valence-corrected chi connectivity index (χ3v) is 1.62. The molecule has 0 unspecified atom stereocenters. The second-order valence-electron chi connectivity index (χ2n) is 2.53. The number of aromatic carboxylic acids is 1. The highest BCUT2D eigenvalue weighted by atomic mass is 16.4. The van der Waals surface area contributed by atoms with Crippen molar-refractivity contribution in [3.05, 3.63) is 36.3 Å². The number of carbonyl (C=O) groups is 1. The predicted octanol–water partition coefficient (Wildman–Crippen LogP) is 0.360. The number of hydrogen-bond acceptors (Lipinski definition) is 4. The number of pyridine rings is 1. The Morgan fingerprint density at radius 3 is 2.50 bits per heavy atom. The molecule has 0 fully saturated rings. The molecule has 0 saturated heterocycles. The molecule has 0 aliphatic heterocycles. The van der Waals surface area contributed by atoms with Gasteiger partial charge in [0.15, 0.2) is 5.82 Å². The number of hydrogen-bond donors (Lipinski definition) is 1. The van der Waals surface area contributed by atoms with E-state index in [4.69, 9.17) is 5.11 Å². The minimum atomic E-state index is -1.00. The fraction of sp³-hybridized carbons (Fsp3) is 0. The van der Waals surface area contributed by atoms with Gasteiger partial charge in [0.25, 0.3) is 0 Å². The summed E-state index contributed by atoms with van der Waals surface area (Å²) in [5.41, 5.74) is 0.140. The molecule has 0 aromatic carbocycles. The molecular formula is C8H6N4O2. The van der Waals surface area contributed by atoms with Crippen molar-refractivity contribution in [1.82, 2.24) is 20.0 Å². The Morgan fingerprint density at radius 2 is 2.00 bits per heavy atom. The zero-order valence-electron chi connectivity index (χ0n) is 7.03. The molecule has 0 radical (unpaired) electrons. The van der Waals surface area contributed by atoms with E-state index < -0.39 is 5.97 Å². The van der Waals surface area contributed by atoms with Crippen LogP contribution in [0.4, 0.5) is 0 Å². The second kappa shape index (κ2) is 3.25. The van der Waals surface area contributed by atoms with E-state index in [2.05, 4.69) is 15.2 Å². The Balaban J connectivity index is 2.36. The molecule has 14 heavy (non-hydrogen) atoms. The van der Waals surface area contributed by atoms with E-state index in [1.807, 2.05) is 0 Å². The van der Waals surface area contributed by atoms with Crippen molar-refractivity contribution in [3.8, 4) is 5.82 Å². The van der Waals surface area contributed by atoms with E-state index in [1.165, 1.54) is 29.5 Å². The largest absolute Gasteiger partial charge is 0.478 e. The van der Waals surface area contributed by atoms with Gasteiger partial charge in [-0.2, -0.15) is 10.2 Å². The van der Waals surface area contributed by atoms with Gasteiger partial charge in [-0.15, -0.1) is 4.80 Å². The summed E-state index contributed by atoms with van der Waals surface area (Å²) in [4.78, 5) is 15.7. The molecule has 2 heterocycles. The van der Waals surface area contributed by atoms with Crippen LogP contribution in [0.15, 0.2) is 30.7 Å². The molecule has 1 N–H and O–H groups in total. The first-order valence-electron chi connectivity index (χ1n) is 3.83. The summed E-state index contributed by atoms with van der Waals surface area (Å²) < 4.78 is 0. The molecule has 0 amide bonds. The summed E-state index contributed by atoms with van der Waals surface area (Å²) in [6.07, 6.45) is 4.31. The van der Waals surface area contributed by atoms with Gasteiger partial charge in [-0.1, -0.05) is 0 Å².